The maximum absolute atomic E-state index is 13.2. The highest BCUT2D eigenvalue weighted by Gasteiger charge is 2.32. The number of rotatable bonds is 6. The molecule has 0 unspecified atom stereocenters. The van der Waals surface area contributed by atoms with Gasteiger partial charge in [-0.2, -0.15) is 5.10 Å². The first-order chi connectivity index (χ1) is 14.3. The van der Waals surface area contributed by atoms with E-state index in [-0.39, 0.29) is 17.3 Å². The van der Waals surface area contributed by atoms with Gasteiger partial charge < -0.3 is 10.1 Å². The molecule has 1 amide bonds. The van der Waals surface area contributed by atoms with Gasteiger partial charge in [-0.3, -0.25) is 9.48 Å². The van der Waals surface area contributed by atoms with Crippen LogP contribution < -0.4 is 10.1 Å². The van der Waals surface area contributed by atoms with Gasteiger partial charge in [0.05, 0.1) is 5.54 Å². The molecule has 2 aromatic heterocycles. The average Bonchev–Trinajstić information content (AvgIpc) is 3.44. The second kappa shape index (κ2) is 7.89. The summed E-state index contributed by atoms with van der Waals surface area (Å²) in [5.41, 5.74) is 2.23. The molecule has 1 aliphatic carbocycles. The maximum Gasteiger partial charge on any atom is 0.272 e. The number of carbonyl (C=O) groups excluding carboxylic acids is 1. The van der Waals surface area contributed by atoms with Crippen molar-refractivity contribution in [2.75, 3.05) is 0 Å². The predicted molar refractivity (Wildman–Crippen MR) is 111 cm³/mol. The van der Waals surface area contributed by atoms with Gasteiger partial charge in [-0.1, -0.05) is 12.1 Å². The predicted octanol–water partition coefficient (Wildman–Crippen LogP) is 4.77. The van der Waals surface area contributed by atoms with Gasteiger partial charge in [-0.15, -0.1) is 0 Å². The van der Waals surface area contributed by atoms with E-state index in [1.807, 2.05) is 16.8 Å². The number of amides is 1. The van der Waals surface area contributed by atoms with Crippen LogP contribution in [0.3, 0.4) is 0 Å². The van der Waals surface area contributed by atoms with Crippen molar-refractivity contribution in [3.8, 4) is 11.6 Å². The molecule has 1 aliphatic rings. The van der Waals surface area contributed by atoms with E-state index in [0.717, 1.165) is 24.1 Å². The number of hydrogen-bond acceptors (Lipinski definition) is 4. The quantitative estimate of drug-likeness (QED) is 0.638. The highest BCUT2D eigenvalue weighted by Crippen LogP contribution is 2.41. The summed E-state index contributed by atoms with van der Waals surface area (Å²) in [6, 6.07) is 11.3. The Morgan fingerprint density at radius 1 is 1.23 bits per heavy atom. The van der Waals surface area contributed by atoms with Crippen molar-refractivity contribution >= 4 is 5.91 Å². The highest BCUT2D eigenvalue weighted by atomic mass is 19.1. The van der Waals surface area contributed by atoms with Crippen molar-refractivity contribution in [1.29, 1.82) is 0 Å². The van der Waals surface area contributed by atoms with E-state index in [1.54, 1.807) is 24.4 Å². The average molecular weight is 408 g/mol. The van der Waals surface area contributed by atoms with Crippen LogP contribution in [0.15, 0.2) is 48.7 Å². The summed E-state index contributed by atoms with van der Waals surface area (Å²) in [4.78, 5) is 16.8. The zero-order valence-corrected chi connectivity index (χ0v) is 17.4. The SMILES string of the molecule is CC(C)(C)n1nc(C(=O)NCc2ccc(Oc3cccc(F)c3)nc2)cc1C1CC1. The summed E-state index contributed by atoms with van der Waals surface area (Å²) >= 11 is 0. The molecule has 0 aliphatic heterocycles. The Morgan fingerprint density at radius 3 is 2.67 bits per heavy atom. The number of ether oxygens (including phenoxy) is 1. The summed E-state index contributed by atoms with van der Waals surface area (Å²) < 4.78 is 20.7. The minimum atomic E-state index is -0.370. The number of halogens is 1. The van der Waals surface area contributed by atoms with E-state index in [9.17, 15) is 9.18 Å². The Hall–Kier alpha value is -3.22. The number of pyridine rings is 1. The van der Waals surface area contributed by atoms with E-state index in [2.05, 4.69) is 36.2 Å². The minimum Gasteiger partial charge on any atom is -0.439 e. The van der Waals surface area contributed by atoms with E-state index >= 15 is 0 Å². The smallest absolute Gasteiger partial charge is 0.272 e. The van der Waals surface area contributed by atoms with Crippen LogP contribution in [0.2, 0.25) is 0 Å². The number of benzene rings is 1. The first-order valence-electron chi connectivity index (χ1n) is 10.1. The Balaban J connectivity index is 1.38. The second-order valence-corrected chi connectivity index (χ2v) is 8.56. The number of carbonyl (C=O) groups is 1. The number of nitrogens with zero attached hydrogens (tertiary/aromatic N) is 3. The highest BCUT2D eigenvalue weighted by molar-refractivity contribution is 5.92. The molecule has 0 saturated heterocycles. The third-order valence-electron chi connectivity index (χ3n) is 4.87. The van der Waals surface area contributed by atoms with Crippen molar-refractivity contribution in [3.63, 3.8) is 0 Å². The molecule has 1 aromatic carbocycles. The molecule has 30 heavy (non-hydrogen) atoms. The molecule has 2 heterocycles. The lowest BCUT2D eigenvalue weighted by Crippen LogP contribution is -2.27. The van der Waals surface area contributed by atoms with Gasteiger partial charge in [0.2, 0.25) is 5.88 Å². The minimum absolute atomic E-state index is 0.169. The summed E-state index contributed by atoms with van der Waals surface area (Å²) in [6.07, 6.45) is 3.93. The molecular formula is C23H25FN4O2. The molecule has 4 rings (SSSR count). The third-order valence-corrected chi connectivity index (χ3v) is 4.87. The van der Waals surface area contributed by atoms with Crippen LogP contribution in [0.4, 0.5) is 4.39 Å². The monoisotopic (exact) mass is 408 g/mol. The van der Waals surface area contributed by atoms with Gasteiger partial charge in [-0.05, 0) is 57.4 Å². The Kier molecular flexibility index (Phi) is 5.28. The standard InChI is InChI=1S/C23H25FN4O2/c1-23(2,3)28-20(16-8-9-16)12-19(27-28)22(29)26-14-15-7-10-21(25-13-15)30-18-6-4-5-17(24)11-18/h4-7,10-13,16H,8-9,14H2,1-3H3,(H,26,29). The van der Waals surface area contributed by atoms with Gasteiger partial charge in [0.15, 0.2) is 0 Å². The molecule has 156 valence electrons. The normalized spacial score (nSPS) is 13.9. The first-order valence-corrected chi connectivity index (χ1v) is 10.1. The molecular weight excluding hydrogens is 383 g/mol. The van der Waals surface area contributed by atoms with Crippen molar-refractivity contribution in [1.82, 2.24) is 20.1 Å². The second-order valence-electron chi connectivity index (χ2n) is 8.56. The van der Waals surface area contributed by atoms with Crippen molar-refractivity contribution in [2.45, 2.75) is 51.6 Å². The zero-order valence-electron chi connectivity index (χ0n) is 17.4. The summed E-state index contributed by atoms with van der Waals surface area (Å²) in [6.45, 7) is 6.60. The Bertz CT molecular complexity index is 1050. The topological polar surface area (TPSA) is 69.0 Å². The van der Waals surface area contributed by atoms with Crippen LogP contribution in [-0.4, -0.2) is 20.7 Å². The fraction of sp³-hybridized carbons (Fsp3) is 0.348. The van der Waals surface area contributed by atoms with Gasteiger partial charge in [0.25, 0.3) is 5.91 Å². The van der Waals surface area contributed by atoms with Crippen LogP contribution in [0.25, 0.3) is 0 Å². The molecule has 6 nitrogen and oxygen atoms in total. The van der Waals surface area contributed by atoms with Crippen LogP contribution in [-0.2, 0) is 12.1 Å². The molecule has 1 fully saturated rings. The number of hydrogen-bond donors (Lipinski definition) is 1. The van der Waals surface area contributed by atoms with Crippen molar-refractivity contribution in [2.24, 2.45) is 0 Å². The molecule has 0 radical (unpaired) electrons. The molecule has 0 spiro atoms. The van der Waals surface area contributed by atoms with E-state index in [4.69, 9.17) is 4.74 Å². The fourth-order valence-electron chi connectivity index (χ4n) is 3.21. The molecule has 7 heteroatoms. The number of nitrogens with one attached hydrogen (secondary N) is 1. The summed E-state index contributed by atoms with van der Waals surface area (Å²) in [5, 5.41) is 7.46. The van der Waals surface area contributed by atoms with Crippen molar-refractivity contribution in [3.05, 3.63) is 71.4 Å². The molecule has 0 bridgehead atoms. The van der Waals surface area contributed by atoms with Gasteiger partial charge in [0, 0.05) is 36.5 Å². The lowest BCUT2D eigenvalue weighted by Gasteiger charge is -2.22. The van der Waals surface area contributed by atoms with E-state index in [0.29, 0.717) is 29.8 Å². The van der Waals surface area contributed by atoms with Gasteiger partial charge >= 0.3 is 0 Å². The largest absolute Gasteiger partial charge is 0.439 e. The van der Waals surface area contributed by atoms with E-state index in [1.165, 1.54) is 12.1 Å². The zero-order chi connectivity index (χ0) is 21.3. The van der Waals surface area contributed by atoms with Crippen LogP contribution >= 0.6 is 0 Å². The Morgan fingerprint density at radius 2 is 2.03 bits per heavy atom. The van der Waals surface area contributed by atoms with Crippen LogP contribution in [0.5, 0.6) is 11.6 Å². The van der Waals surface area contributed by atoms with E-state index < -0.39 is 0 Å². The molecule has 0 atom stereocenters. The lowest BCUT2D eigenvalue weighted by molar-refractivity contribution is 0.0944. The van der Waals surface area contributed by atoms with Crippen molar-refractivity contribution < 1.29 is 13.9 Å². The summed E-state index contributed by atoms with van der Waals surface area (Å²) in [5.74, 6) is 0.664. The summed E-state index contributed by atoms with van der Waals surface area (Å²) in [7, 11) is 0. The van der Waals surface area contributed by atoms with Crippen LogP contribution in [0, 0.1) is 5.82 Å². The first kappa shape index (κ1) is 20.1. The molecule has 1 saturated carbocycles. The maximum atomic E-state index is 13.2. The fourth-order valence-corrected chi connectivity index (χ4v) is 3.21. The number of aromatic nitrogens is 3. The molecule has 3 aromatic rings. The molecule has 1 N–H and O–H groups in total. The van der Waals surface area contributed by atoms with Gasteiger partial charge in [0.1, 0.15) is 17.3 Å². The lowest BCUT2D eigenvalue weighted by atomic mass is 10.1. The van der Waals surface area contributed by atoms with Gasteiger partial charge in [-0.25, -0.2) is 9.37 Å². The Labute approximate surface area is 175 Å². The third kappa shape index (κ3) is 4.67. The van der Waals surface area contributed by atoms with Crippen LogP contribution in [0.1, 0.15) is 61.3 Å².